The Kier molecular flexibility index (Phi) is 5.78. The molecule has 1 fully saturated rings. The minimum absolute atomic E-state index is 0.0375. The Balaban J connectivity index is 2.01. The zero-order valence-electron chi connectivity index (χ0n) is 13.3. The number of rotatable bonds is 5. The zero-order chi connectivity index (χ0) is 16.2. The lowest BCUT2D eigenvalue weighted by Crippen LogP contribution is -2.38. The van der Waals surface area contributed by atoms with Crippen LogP contribution < -0.4 is 0 Å². The van der Waals surface area contributed by atoms with E-state index in [2.05, 4.69) is 0 Å². The second-order valence-electron chi connectivity index (χ2n) is 6.13. The van der Waals surface area contributed by atoms with Crippen molar-refractivity contribution in [2.75, 3.05) is 13.7 Å². The number of aliphatic hydroxyl groups is 1. The topological polar surface area (TPSA) is 57.6 Å². The minimum Gasteiger partial charge on any atom is -0.396 e. The smallest absolute Gasteiger partial charge is 0.236 e. The Morgan fingerprint density at radius 1 is 1.18 bits per heavy atom. The Bertz CT molecular complexity index is 599. The summed E-state index contributed by atoms with van der Waals surface area (Å²) in [5.74, 6) is 0.329. The first-order valence-electron chi connectivity index (χ1n) is 7.76. The van der Waals surface area contributed by atoms with Gasteiger partial charge in [-0.15, -0.1) is 0 Å². The van der Waals surface area contributed by atoms with Gasteiger partial charge in [0.1, 0.15) is 0 Å². The molecule has 5 heteroatoms. The van der Waals surface area contributed by atoms with E-state index in [9.17, 15) is 8.42 Å². The number of nitrogens with zero attached hydrogens (tertiary/aromatic N) is 1. The maximum Gasteiger partial charge on any atom is 0.236 e. The predicted molar refractivity (Wildman–Crippen MR) is 89.7 cm³/mol. The van der Waals surface area contributed by atoms with E-state index in [1.807, 2.05) is 31.2 Å². The van der Waals surface area contributed by atoms with Crippen LogP contribution >= 0.6 is 0 Å². The SMILES string of the molecule is Cc1ccc(/C=C/S(=O)(=O)N(C)C2CCC(CO)CC2)cc1. The highest BCUT2D eigenvalue weighted by Crippen LogP contribution is 2.28. The van der Waals surface area contributed by atoms with Crippen LogP contribution in [0.3, 0.4) is 0 Å². The van der Waals surface area contributed by atoms with Crippen molar-refractivity contribution in [1.82, 2.24) is 4.31 Å². The van der Waals surface area contributed by atoms with Crippen molar-refractivity contribution in [3.8, 4) is 0 Å². The molecule has 1 aromatic carbocycles. The van der Waals surface area contributed by atoms with Crippen molar-refractivity contribution in [3.05, 3.63) is 40.8 Å². The van der Waals surface area contributed by atoms with Crippen molar-refractivity contribution in [2.24, 2.45) is 5.92 Å². The molecule has 22 heavy (non-hydrogen) atoms. The molecule has 0 saturated heterocycles. The molecule has 4 nitrogen and oxygen atoms in total. The quantitative estimate of drug-likeness (QED) is 0.906. The van der Waals surface area contributed by atoms with E-state index in [0.717, 1.165) is 36.8 Å². The lowest BCUT2D eigenvalue weighted by molar-refractivity contribution is 0.159. The minimum atomic E-state index is -3.40. The van der Waals surface area contributed by atoms with E-state index in [-0.39, 0.29) is 12.6 Å². The highest BCUT2D eigenvalue weighted by molar-refractivity contribution is 7.92. The first kappa shape index (κ1) is 17.2. The van der Waals surface area contributed by atoms with Gasteiger partial charge >= 0.3 is 0 Å². The Morgan fingerprint density at radius 2 is 1.77 bits per heavy atom. The number of hydrogen-bond acceptors (Lipinski definition) is 3. The van der Waals surface area contributed by atoms with Crippen LogP contribution in [0.5, 0.6) is 0 Å². The Morgan fingerprint density at radius 3 is 2.32 bits per heavy atom. The van der Waals surface area contributed by atoms with Gasteiger partial charge in [-0.3, -0.25) is 0 Å². The van der Waals surface area contributed by atoms with Crippen LogP contribution in [0.1, 0.15) is 36.8 Å². The van der Waals surface area contributed by atoms with Gasteiger partial charge in [-0.1, -0.05) is 29.8 Å². The highest BCUT2D eigenvalue weighted by atomic mass is 32.2. The van der Waals surface area contributed by atoms with Gasteiger partial charge in [-0.2, -0.15) is 4.31 Å². The molecule has 0 bridgehead atoms. The molecular formula is C17H25NO3S. The van der Waals surface area contributed by atoms with Crippen LogP contribution in [0, 0.1) is 12.8 Å². The normalized spacial score (nSPS) is 23.3. The molecule has 0 amide bonds. The molecule has 0 aromatic heterocycles. The monoisotopic (exact) mass is 323 g/mol. The van der Waals surface area contributed by atoms with Crippen molar-refractivity contribution < 1.29 is 13.5 Å². The standard InChI is InChI=1S/C17H25NO3S/c1-14-3-5-15(6-4-14)11-12-22(20,21)18(2)17-9-7-16(13-19)8-10-17/h3-6,11-12,16-17,19H,7-10,13H2,1-2H3/b12-11+. The lowest BCUT2D eigenvalue weighted by Gasteiger charge is -2.32. The fourth-order valence-electron chi connectivity index (χ4n) is 2.84. The van der Waals surface area contributed by atoms with Crippen LogP contribution in [-0.4, -0.2) is 37.5 Å². The molecule has 0 atom stereocenters. The molecule has 1 aliphatic rings. The van der Waals surface area contributed by atoms with E-state index in [4.69, 9.17) is 5.11 Å². The summed E-state index contributed by atoms with van der Waals surface area (Å²) in [4.78, 5) is 0. The third-order valence-corrected chi connectivity index (χ3v) is 6.08. The summed E-state index contributed by atoms with van der Waals surface area (Å²) in [6.07, 6.45) is 5.06. The molecule has 0 unspecified atom stereocenters. The molecule has 2 rings (SSSR count). The van der Waals surface area contributed by atoms with Crippen LogP contribution in [0.2, 0.25) is 0 Å². The van der Waals surface area contributed by atoms with Crippen molar-refractivity contribution in [3.63, 3.8) is 0 Å². The summed E-state index contributed by atoms with van der Waals surface area (Å²) < 4.78 is 26.3. The fraction of sp³-hybridized carbons (Fsp3) is 0.529. The van der Waals surface area contributed by atoms with Gasteiger partial charge in [-0.25, -0.2) is 8.42 Å². The zero-order valence-corrected chi connectivity index (χ0v) is 14.1. The molecule has 1 N–H and O–H groups in total. The van der Waals surface area contributed by atoms with Gasteiger partial charge in [-0.05, 0) is 50.2 Å². The van der Waals surface area contributed by atoms with Crippen molar-refractivity contribution in [2.45, 2.75) is 38.6 Å². The van der Waals surface area contributed by atoms with Crippen molar-refractivity contribution >= 4 is 16.1 Å². The Labute approximate surface area is 133 Å². The summed E-state index contributed by atoms with van der Waals surface area (Å²) in [6, 6.07) is 7.79. The van der Waals surface area contributed by atoms with Crippen LogP contribution in [0.15, 0.2) is 29.7 Å². The number of benzene rings is 1. The van der Waals surface area contributed by atoms with E-state index in [1.165, 1.54) is 9.71 Å². The van der Waals surface area contributed by atoms with E-state index < -0.39 is 10.0 Å². The lowest BCUT2D eigenvalue weighted by atomic mass is 9.87. The fourth-order valence-corrected chi connectivity index (χ4v) is 3.98. The van der Waals surface area contributed by atoms with E-state index in [1.54, 1.807) is 13.1 Å². The van der Waals surface area contributed by atoms with Gasteiger partial charge in [0.15, 0.2) is 0 Å². The third kappa shape index (κ3) is 4.41. The first-order chi connectivity index (χ1) is 10.4. The molecule has 1 saturated carbocycles. The van der Waals surface area contributed by atoms with Gasteiger partial charge in [0.25, 0.3) is 0 Å². The maximum atomic E-state index is 12.4. The highest BCUT2D eigenvalue weighted by Gasteiger charge is 2.28. The van der Waals surface area contributed by atoms with Crippen LogP contribution in [-0.2, 0) is 10.0 Å². The molecular weight excluding hydrogens is 298 g/mol. The molecule has 1 aliphatic carbocycles. The number of aryl methyl sites for hydroxylation is 1. The van der Waals surface area contributed by atoms with Crippen molar-refractivity contribution in [1.29, 1.82) is 0 Å². The maximum absolute atomic E-state index is 12.4. The second kappa shape index (κ2) is 7.40. The number of hydrogen-bond donors (Lipinski definition) is 1. The van der Waals surface area contributed by atoms with Gasteiger partial charge in [0.05, 0.1) is 0 Å². The summed E-state index contributed by atoms with van der Waals surface area (Å²) in [5, 5.41) is 10.4. The molecule has 122 valence electrons. The van der Waals surface area contributed by atoms with E-state index >= 15 is 0 Å². The van der Waals surface area contributed by atoms with E-state index in [0.29, 0.717) is 5.92 Å². The molecule has 0 spiro atoms. The largest absolute Gasteiger partial charge is 0.396 e. The summed E-state index contributed by atoms with van der Waals surface area (Å²) >= 11 is 0. The van der Waals surface area contributed by atoms with Crippen LogP contribution in [0.25, 0.3) is 6.08 Å². The summed E-state index contributed by atoms with van der Waals surface area (Å²) in [7, 11) is -1.75. The number of sulfonamides is 1. The summed E-state index contributed by atoms with van der Waals surface area (Å²) in [5.41, 5.74) is 2.03. The molecule has 0 radical (unpaired) electrons. The Hall–Kier alpha value is -1.17. The molecule has 1 aromatic rings. The number of aliphatic hydroxyl groups excluding tert-OH is 1. The predicted octanol–water partition coefficient (Wildman–Crippen LogP) is 2.78. The average Bonchev–Trinajstić information content (AvgIpc) is 2.54. The van der Waals surface area contributed by atoms with Gasteiger partial charge < -0.3 is 5.11 Å². The molecule has 0 heterocycles. The van der Waals surface area contributed by atoms with Gasteiger partial charge in [0, 0.05) is 25.1 Å². The van der Waals surface area contributed by atoms with Gasteiger partial charge in [0.2, 0.25) is 10.0 Å². The third-order valence-electron chi connectivity index (χ3n) is 4.50. The van der Waals surface area contributed by atoms with Crippen LogP contribution in [0.4, 0.5) is 0 Å². The molecule has 0 aliphatic heterocycles. The average molecular weight is 323 g/mol. The first-order valence-corrected chi connectivity index (χ1v) is 9.26. The summed E-state index contributed by atoms with van der Waals surface area (Å²) in [6.45, 7) is 2.21. The second-order valence-corrected chi connectivity index (χ2v) is 8.01.